The molecule has 1 amide bonds. The zero-order valence-corrected chi connectivity index (χ0v) is 11.2. The van der Waals surface area contributed by atoms with Gasteiger partial charge in [-0.1, -0.05) is 0 Å². The second-order valence-electron chi connectivity index (χ2n) is 4.04. The Bertz CT molecular complexity index is 612. The monoisotopic (exact) mass is 273 g/mol. The number of hydrogen-bond donors (Lipinski definition) is 2. The molecule has 6 heteroatoms. The van der Waals surface area contributed by atoms with E-state index in [4.69, 9.17) is 15.2 Å². The summed E-state index contributed by atoms with van der Waals surface area (Å²) in [6.07, 6.45) is 1.51. The van der Waals surface area contributed by atoms with E-state index in [2.05, 4.69) is 10.3 Å². The van der Waals surface area contributed by atoms with Crippen molar-refractivity contribution >= 4 is 17.3 Å². The van der Waals surface area contributed by atoms with Crippen molar-refractivity contribution in [1.29, 1.82) is 0 Å². The molecule has 1 aromatic carbocycles. The molecule has 0 radical (unpaired) electrons. The molecule has 3 N–H and O–H groups in total. The van der Waals surface area contributed by atoms with Crippen molar-refractivity contribution in [2.75, 3.05) is 25.3 Å². The van der Waals surface area contributed by atoms with Crippen molar-refractivity contribution in [1.82, 2.24) is 4.98 Å². The fraction of sp³-hybridized carbons (Fsp3) is 0.143. The Morgan fingerprint density at radius 2 is 2.00 bits per heavy atom. The Hall–Kier alpha value is -2.76. The molecule has 104 valence electrons. The van der Waals surface area contributed by atoms with Gasteiger partial charge in [0.25, 0.3) is 5.91 Å². The lowest BCUT2D eigenvalue weighted by atomic mass is 10.1. The Labute approximate surface area is 116 Å². The zero-order valence-electron chi connectivity index (χ0n) is 11.2. The predicted octanol–water partition coefficient (Wildman–Crippen LogP) is 1.93. The van der Waals surface area contributed by atoms with E-state index in [1.807, 2.05) is 0 Å². The number of rotatable bonds is 4. The smallest absolute Gasteiger partial charge is 0.255 e. The number of methoxy groups -OCH3 is 2. The van der Waals surface area contributed by atoms with Gasteiger partial charge in [-0.25, -0.2) is 4.98 Å². The van der Waals surface area contributed by atoms with Crippen LogP contribution in [0.15, 0.2) is 36.5 Å². The zero-order chi connectivity index (χ0) is 14.5. The van der Waals surface area contributed by atoms with E-state index in [9.17, 15) is 4.79 Å². The molecule has 2 rings (SSSR count). The minimum absolute atomic E-state index is 0.289. The maximum absolute atomic E-state index is 12.1. The number of hydrogen-bond acceptors (Lipinski definition) is 5. The highest BCUT2D eigenvalue weighted by molar-refractivity contribution is 6.05. The van der Waals surface area contributed by atoms with Gasteiger partial charge in [-0.05, 0) is 18.2 Å². The molecule has 0 unspecified atom stereocenters. The quantitative estimate of drug-likeness (QED) is 0.831. The van der Waals surface area contributed by atoms with E-state index in [1.54, 1.807) is 30.3 Å². The molecule has 0 atom stereocenters. The van der Waals surface area contributed by atoms with Crippen LogP contribution in [0, 0.1) is 0 Å². The number of carbonyl (C=O) groups is 1. The number of ether oxygens (including phenoxy) is 2. The number of amides is 1. The molecule has 0 aliphatic rings. The van der Waals surface area contributed by atoms with Crippen LogP contribution in [0.3, 0.4) is 0 Å². The van der Waals surface area contributed by atoms with Crippen LogP contribution < -0.4 is 20.5 Å². The molecule has 0 spiro atoms. The molecule has 6 nitrogen and oxygen atoms in total. The summed E-state index contributed by atoms with van der Waals surface area (Å²) >= 11 is 0. The number of pyridine rings is 1. The lowest BCUT2D eigenvalue weighted by Crippen LogP contribution is -2.12. The minimum Gasteiger partial charge on any atom is -0.497 e. The summed E-state index contributed by atoms with van der Waals surface area (Å²) in [5, 5.41) is 2.72. The second kappa shape index (κ2) is 5.92. The van der Waals surface area contributed by atoms with Crippen LogP contribution >= 0.6 is 0 Å². The lowest BCUT2D eigenvalue weighted by molar-refractivity contribution is 0.102. The topological polar surface area (TPSA) is 86.5 Å². The first-order valence-electron chi connectivity index (χ1n) is 5.88. The lowest BCUT2D eigenvalue weighted by Gasteiger charge is -2.08. The Kier molecular flexibility index (Phi) is 4.05. The van der Waals surface area contributed by atoms with Crippen LogP contribution in [0.25, 0.3) is 0 Å². The highest BCUT2D eigenvalue weighted by Gasteiger charge is 2.09. The van der Waals surface area contributed by atoms with Crippen molar-refractivity contribution in [3.05, 3.63) is 42.1 Å². The number of nitrogens with one attached hydrogen (secondary N) is 1. The number of nitrogens with two attached hydrogens (primary N) is 1. The van der Waals surface area contributed by atoms with E-state index in [0.29, 0.717) is 28.6 Å². The standard InChI is InChI=1S/C14H15N3O3/c1-19-12-6-9(5-10(15)7-12)14(18)17-11-3-4-13(20-2)16-8-11/h3-8H,15H2,1-2H3,(H,17,18). The second-order valence-corrected chi connectivity index (χ2v) is 4.04. The fourth-order valence-corrected chi connectivity index (χ4v) is 1.65. The van der Waals surface area contributed by atoms with E-state index in [-0.39, 0.29) is 5.91 Å². The number of nitrogen functional groups attached to an aromatic ring is 1. The van der Waals surface area contributed by atoms with Gasteiger partial charge in [0.2, 0.25) is 5.88 Å². The number of nitrogens with zero attached hydrogens (tertiary/aromatic N) is 1. The number of benzene rings is 1. The van der Waals surface area contributed by atoms with Crippen molar-refractivity contribution < 1.29 is 14.3 Å². The van der Waals surface area contributed by atoms with Gasteiger partial charge >= 0.3 is 0 Å². The summed E-state index contributed by atoms with van der Waals surface area (Å²) in [6.45, 7) is 0. The normalized spacial score (nSPS) is 9.90. The molecule has 0 saturated carbocycles. The van der Waals surface area contributed by atoms with Crippen LogP contribution in [-0.2, 0) is 0 Å². The summed E-state index contributed by atoms with van der Waals surface area (Å²) in [7, 11) is 3.05. The molecule has 0 fully saturated rings. The molecule has 0 bridgehead atoms. The Balaban J connectivity index is 2.16. The van der Waals surface area contributed by atoms with Gasteiger partial charge in [-0.2, -0.15) is 0 Å². The molecule has 20 heavy (non-hydrogen) atoms. The molecule has 0 saturated heterocycles. The third kappa shape index (κ3) is 3.17. The highest BCUT2D eigenvalue weighted by atomic mass is 16.5. The maximum Gasteiger partial charge on any atom is 0.255 e. The van der Waals surface area contributed by atoms with Gasteiger partial charge in [0.1, 0.15) is 5.75 Å². The van der Waals surface area contributed by atoms with Crippen LogP contribution in [0.4, 0.5) is 11.4 Å². The summed E-state index contributed by atoms with van der Waals surface area (Å²) in [5.41, 5.74) is 7.16. The highest BCUT2D eigenvalue weighted by Crippen LogP contribution is 2.20. The van der Waals surface area contributed by atoms with Gasteiger partial charge in [0, 0.05) is 23.4 Å². The largest absolute Gasteiger partial charge is 0.497 e. The van der Waals surface area contributed by atoms with Gasteiger partial charge in [0.15, 0.2) is 0 Å². The molecular formula is C14H15N3O3. The number of anilines is 2. The van der Waals surface area contributed by atoms with Gasteiger partial charge in [0.05, 0.1) is 26.1 Å². The first-order valence-corrected chi connectivity index (χ1v) is 5.88. The van der Waals surface area contributed by atoms with Crippen molar-refractivity contribution in [3.8, 4) is 11.6 Å². The first kappa shape index (κ1) is 13.7. The van der Waals surface area contributed by atoms with Crippen molar-refractivity contribution in [2.45, 2.75) is 0 Å². The van der Waals surface area contributed by atoms with E-state index in [1.165, 1.54) is 20.4 Å². The predicted molar refractivity (Wildman–Crippen MR) is 76.1 cm³/mol. The molecule has 0 aliphatic heterocycles. The third-order valence-corrected chi connectivity index (χ3v) is 2.63. The molecule has 1 heterocycles. The van der Waals surface area contributed by atoms with Gasteiger partial charge in [-0.3, -0.25) is 4.79 Å². The summed E-state index contributed by atoms with van der Waals surface area (Å²) in [5.74, 6) is 0.721. The maximum atomic E-state index is 12.1. The summed E-state index contributed by atoms with van der Waals surface area (Å²) in [4.78, 5) is 16.1. The van der Waals surface area contributed by atoms with Crippen LogP contribution in [0.2, 0.25) is 0 Å². The van der Waals surface area contributed by atoms with Crippen molar-refractivity contribution in [3.63, 3.8) is 0 Å². The summed E-state index contributed by atoms with van der Waals surface area (Å²) < 4.78 is 10.0. The van der Waals surface area contributed by atoms with Gasteiger partial charge < -0.3 is 20.5 Å². The molecule has 1 aromatic heterocycles. The SMILES string of the molecule is COc1cc(N)cc(C(=O)Nc2ccc(OC)nc2)c1. The van der Waals surface area contributed by atoms with Gasteiger partial charge in [-0.15, -0.1) is 0 Å². The fourth-order valence-electron chi connectivity index (χ4n) is 1.65. The Morgan fingerprint density at radius 1 is 1.20 bits per heavy atom. The summed E-state index contributed by atoms with van der Waals surface area (Å²) in [6, 6.07) is 8.20. The van der Waals surface area contributed by atoms with Crippen molar-refractivity contribution in [2.24, 2.45) is 0 Å². The average Bonchev–Trinajstić information content (AvgIpc) is 2.47. The number of carbonyl (C=O) groups excluding carboxylic acids is 1. The first-order chi connectivity index (χ1) is 9.62. The minimum atomic E-state index is -0.289. The third-order valence-electron chi connectivity index (χ3n) is 2.63. The Morgan fingerprint density at radius 3 is 2.60 bits per heavy atom. The van der Waals surface area contributed by atoms with Crippen LogP contribution in [0.5, 0.6) is 11.6 Å². The average molecular weight is 273 g/mol. The van der Waals surface area contributed by atoms with Crippen LogP contribution in [0.1, 0.15) is 10.4 Å². The van der Waals surface area contributed by atoms with Crippen LogP contribution in [-0.4, -0.2) is 25.1 Å². The van der Waals surface area contributed by atoms with E-state index in [0.717, 1.165) is 0 Å². The van der Waals surface area contributed by atoms with E-state index < -0.39 is 0 Å². The molecule has 2 aromatic rings. The van der Waals surface area contributed by atoms with E-state index >= 15 is 0 Å². The molecular weight excluding hydrogens is 258 g/mol. The molecule has 0 aliphatic carbocycles. The number of aromatic nitrogens is 1.